The van der Waals surface area contributed by atoms with Crippen molar-refractivity contribution in [2.75, 3.05) is 0 Å². The minimum atomic E-state index is -2.09. The fraction of sp³-hybridized carbons (Fsp3) is 0.652. The van der Waals surface area contributed by atoms with Crippen LogP contribution < -0.4 is 0 Å². The lowest BCUT2D eigenvalue weighted by Gasteiger charge is -2.52. The quantitative estimate of drug-likeness (QED) is 0.342. The number of halogens is 2. The van der Waals surface area contributed by atoms with Gasteiger partial charge in [-0.25, -0.2) is 0 Å². The zero-order valence-corrected chi connectivity index (χ0v) is 19.4. The second-order valence-corrected chi connectivity index (χ2v) is 16.0. The number of aromatic hydroxyl groups is 1. The molecule has 2 nitrogen and oxygen atoms in total. The van der Waals surface area contributed by atoms with Crippen LogP contribution in [0.25, 0.3) is 0 Å². The molecule has 0 aromatic heterocycles. The smallest absolute Gasteiger partial charge is 0.168 e. The summed E-state index contributed by atoms with van der Waals surface area (Å²) in [5.41, 5.74) is 4.95. The van der Waals surface area contributed by atoms with Gasteiger partial charge in [0.1, 0.15) is 15.8 Å². The number of phenols is 1. The molecule has 0 unspecified atom stereocenters. The van der Waals surface area contributed by atoms with E-state index in [1.807, 2.05) is 12.1 Å². The van der Waals surface area contributed by atoms with Crippen molar-refractivity contribution in [3.8, 4) is 17.2 Å². The molecular weight excluding hydrogens is 407 g/mol. The molecule has 0 radical (unpaired) electrons. The number of benzene rings is 1. The summed E-state index contributed by atoms with van der Waals surface area (Å²) < 4.78 is -0.449. The first-order valence-electron chi connectivity index (χ1n) is 10.4. The van der Waals surface area contributed by atoms with E-state index in [2.05, 4.69) is 37.5 Å². The summed E-state index contributed by atoms with van der Waals surface area (Å²) >= 11 is 12.3. The van der Waals surface area contributed by atoms with E-state index in [0.29, 0.717) is 23.5 Å². The van der Waals surface area contributed by atoms with Gasteiger partial charge < -0.3 is 10.2 Å². The number of alkyl halides is 2. The lowest BCUT2D eigenvalue weighted by atomic mass is 9.53. The van der Waals surface area contributed by atoms with Crippen LogP contribution in [0.2, 0.25) is 13.1 Å². The molecule has 0 spiro atoms. The Bertz CT molecular complexity index is 843. The molecule has 1 aromatic rings. The molecule has 1 aromatic carbocycles. The van der Waals surface area contributed by atoms with Gasteiger partial charge in [0, 0.05) is 5.41 Å². The molecule has 4 rings (SSSR count). The van der Waals surface area contributed by atoms with Gasteiger partial charge in [0.25, 0.3) is 0 Å². The summed E-state index contributed by atoms with van der Waals surface area (Å²) in [4.78, 5) is 0. The molecule has 3 aliphatic rings. The molecule has 2 fully saturated rings. The summed E-state index contributed by atoms with van der Waals surface area (Å²) in [6, 6.07) is 5.89. The Morgan fingerprint density at radius 2 is 1.93 bits per heavy atom. The van der Waals surface area contributed by atoms with Crippen LogP contribution in [0, 0.1) is 28.7 Å². The van der Waals surface area contributed by atoms with Gasteiger partial charge in [-0.15, -0.1) is 28.7 Å². The molecule has 0 amide bonds. The monoisotopic (exact) mass is 436 g/mol. The third-order valence-electron chi connectivity index (χ3n) is 8.00. The highest BCUT2D eigenvalue weighted by Gasteiger charge is 2.61. The zero-order chi connectivity index (χ0) is 20.3. The van der Waals surface area contributed by atoms with Crippen LogP contribution in [0.4, 0.5) is 0 Å². The van der Waals surface area contributed by atoms with E-state index in [1.54, 1.807) is 0 Å². The predicted molar refractivity (Wildman–Crippen MR) is 118 cm³/mol. The fourth-order valence-electron chi connectivity index (χ4n) is 6.11. The Morgan fingerprint density at radius 3 is 2.64 bits per heavy atom. The number of phenolic OH excluding ortho intramolecular Hbond substituents is 1. The van der Waals surface area contributed by atoms with E-state index in [1.165, 1.54) is 11.1 Å². The summed E-state index contributed by atoms with van der Waals surface area (Å²) in [5.74, 6) is 5.29. The minimum Gasteiger partial charge on any atom is -0.508 e. The zero-order valence-electron chi connectivity index (χ0n) is 16.9. The Morgan fingerprint density at radius 1 is 1.18 bits per heavy atom. The molecule has 5 atom stereocenters. The Labute approximate surface area is 179 Å². The SMILES string of the molecule is C[C@]12CC[C@@H]3c4ccc(O)cc4CC[C@H]3[C@@H]1CC[C@@]2(O)C#C[Si](C)(C)C(Cl)Cl. The molecule has 5 heteroatoms. The van der Waals surface area contributed by atoms with E-state index < -0.39 is 18.1 Å². The highest BCUT2D eigenvalue weighted by molar-refractivity contribution is 6.97. The first-order chi connectivity index (χ1) is 13.1. The first-order valence-corrected chi connectivity index (χ1v) is 14.4. The normalized spacial score (nSPS) is 36.9. The Kier molecular flexibility index (Phi) is 5.11. The van der Waals surface area contributed by atoms with Crippen molar-refractivity contribution in [1.29, 1.82) is 0 Å². The van der Waals surface area contributed by atoms with Crippen LogP contribution in [-0.2, 0) is 6.42 Å². The van der Waals surface area contributed by atoms with Crippen molar-refractivity contribution in [3.63, 3.8) is 0 Å². The topological polar surface area (TPSA) is 40.5 Å². The highest BCUT2D eigenvalue weighted by atomic mass is 35.5. The molecule has 2 saturated carbocycles. The number of hydrogen-bond donors (Lipinski definition) is 2. The van der Waals surface area contributed by atoms with Crippen LogP contribution in [0.15, 0.2) is 18.2 Å². The van der Waals surface area contributed by atoms with Crippen molar-refractivity contribution in [2.45, 2.75) is 74.5 Å². The summed E-state index contributed by atoms with van der Waals surface area (Å²) in [6.45, 7) is 6.38. The number of hydrogen-bond acceptors (Lipinski definition) is 2. The van der Waals surface area contributed by atoms with Gasteiger partial charge in [0.2, 0.25) is 0 Å². The van der Waals surface area contributed by atoms with Crippen molar-refractivity contribution < 1.29 is 10.2 Å². The van der Waals surface area contributed by atoms with Gasteiger partial charge in [0.05, 0.1) is 0 Å². The molecule has 152 valence electrons. The molecule has 2 N–H and O–H groups in total. The van der Waals surface area contributed by atoms with E-state index in [-0.39, 0.29) is 5.41 Å². The Balaban J connectivity index is 1.64. The standard InChI is InChI=1S/C23H30Cl2O2Si/c1-22-10-8-18-17-7-5-16(26)14-15(17)4-6-19(18)20(22)9-11-23(22,27)12-13-28(2,3)21(24)25/h5,7,14,18-21,26-27H,4,6,8-11H2,1-3H3/t18-,19-,20+,22+,23-/m1/s1. The second kappa shape index (κ2) is 6.95. The molecule has 28 heavy (non-hydrogen) atoms. The molecule has 0 heterocycles. The van der Waals surface area contributed by atoms with Crippen LogP contribution in [0.5, 0.6) is 5.75 Å². The van der Waals surface area contributed by atoms with Crippen molar-refractivity contribution in [1.82, 2.24) is 0 Å². The number of fused-ring (bicyclic) bond motifs is 5. The largest absolute Gasteiger partial charge is 0.508 e. The van der Waals surface area contributed by atoms with Gasteiger partial charge in [-0.2, -0.15) is 0 Å². The molecular formula is C23H30Cl2O2Si. The van der Waals surface area contributed by atoms with Crippen molar-refractivity contribution >= 4 is 31.3 Å². The van der Waals surface area contributed by atoms with Gasteiger partial charge in [0.15, 0.2) is 8.07 Å². The lowest BCUT2D eigenvalue weighted by Crippen LogP contribution is -2.50. The summed E-state index contributed by atoms with van der Waals surface area (Å²) in [5, 5.41) is 21.5. The highest BCUT2D eigenvalue weighted by Crippen LogP contribution is 2.64. The third kappa shape index (κ3) is 3.12. The maximum absolute atomic E-state index is 11.6. The third-order valence-corrected chi connectivity index (χ3v) is 13.1. The molecule has 3 aliphatic carbocycles. The minimum absolute atomic E-state index is 0.172. The first kappa shape index (κ1) is 20.6. The van der Waals surface area contributed by atoms with E-state index in [4.69, 9.17) is 23.2 Å². The number of rotatable bonds is 1. The van der Waals surface area contributed by atoms with Crippen LogP contribution in [0.1, 0.15) is 56.1 Å². The number of aryl methyl sites for hydroxylation is 1. The maximum atomic E-state index is 11.6. The van der Waals surface area contributed by atoms with Gasteiger partial charge in [-0.3, -0.25) is 0 Å². The molecule has 0 bridgehead atoms. The molecule has 0 saturated heterocycles. The van der Waals surface area contributed by atoms with Crippen LogP contribution in [-0.4, -0.2) is 28.3 Å². The summed E-state index contributed by atoms with van der Waals surface area (Å²) in [7, 11) is -2.09. The second-order valence-electron chi connectivity index (χ2n) is 9.93. The fourth-order valence-corrected chi connectivity index (χ4v) is 7.07. The maximum Gasteiger partial charge on any atom is 0.168 e. The van der Waals surface area contributed by atoms with E-state index in [0.717, 1.165) is 38.5 Å². The predicted octanol–water partition coefficient (Wildman–Crippen LogP) is 5.57. The average molecular weight is 437 g/mol. The lowest BCUT2D eigenvalue weighted by molar-refractivity contribution is -0.0647. The van der Waals surface area contributed by atoms with Crippen LogP contribution in [0.3, 0.4) is 0 Å². The average Bonchev–Trinajstić information content (AvgIpc) is 2.91. The Hall–Kier alpha value is -0.663. The van der Waals surface area contributed by atoms with Gasteiger partial charge >= 0.3 is 0 Å². The van der Waals surface area contributed by atoms with Gasteiger partial charge in [-0.05, 0) is 79.5 Å². The molecule has 0 aliphatic heterocycles. The number of aliphatic hydroxyl groups is 1. The van der Waals surface area contributed by atoms with Gasteiger partial charge in [-0.1, -0.05) is 32.0 Å². The summed E-state index contributed by atoms with van der Waals surface area (Å²) in [6.07, 6.45) is 5.99. The van der Waals surface area contributed by atoms with Crippen molar-refractivity contribution in [2.24, 2.45) is 17.3 Å². The van der Waals surface area contributed by atoms with Crippen molar-refractivity contribution in [3.05, 3.63) is 29.3 Å². The van der Waals surface area contributed by atoms with Crippen LogP contribution >= 0.6 is 23.2 Å². The van der Waals surface area contributed by atoms with E-state index >= 15 is 0 Å². The van der Waals surface area contributed by atoms with E-state index in [9.17, 15) is 10.2 Å².